The maximum absolute atomic E-state index is 17.4. The van der Waals surface area contributed by atoms with Crippen LogP contribution in [0.15, 0.2) is 24.4 Å². The van der Waals surface area contributed by atoms with Crippen molar-refractivity contribution in [2.24, 2.45) is 0 Å². The van der Waals surface area contributed by atoms with E-state index in [1.807, 2.05) is 18.0 Å². The van der Waals surface area contributed by atoms with Crippen LogP contribution in [0.4, 0.5) is 43.0 Å². The number of halogens is 6. The first kappa shape index (κ1) is 36.2. The highest BCUT2D eigenvalue weighted by molar-refractivity contribution is 7.23. The molecule has 18 heteroatoms. The van der Waals surface area contributed by atoms with Crippen LogP contribution >= 0.6 is 11.3 Å². The Morgan fingerprint density at radius 3 is 2.57 bits per heavy atom. The number of likely N-dealkylation sites (tertiary alicyclic amines) is 1. The van der Waals surface area contributed by atoms with E-state index in [0.717, 1.165) is 24.4 Å². The average Bonchev–Trinajstić information content (AvgIpc) is 3.60. The van der Waals surface area contributed by atoms with Gasteiger partial charge < -0.3 is 30.6 Å². The van der Waals surface area contributed by atoms with Crippen LogP contribution in [0.3, 0.4) is 0 Å². The van der Waals surface area contributed by atoms with Gasteiger partial charge in [-0.1, -0.05) is 6.07 Å². The number of anilines is 3. The molecular weight excluding hydrogens is 726 g/mol. The first-order valence-electron chi connectivity index (χ1n) is 16.4. The van der Waals surface area contributed by atoms with Crippen LogP contribution in [0, 0.1) is 28.8 Å². The Labute approximate surface area is 302 Å². The Morgan fingerprint density at radius 1 is 1.11 bits per heavy atom. The summed E-state index contributed by atoms with van der Waals surface area (Å²) in [5.74, 6) is -4.08. The van der Waals surface area contributed by atoms with Crippen molar-refractivity contribution in [3.8, 4) is 29.0 Å². The Hall–Kier alpha value is -5.12. The number of ether oxygens (including phenoxy) is 3. The van der Waals surface area contributed by atoms with Gasteiger partial charge in [-0.25, -0.2) is 18.2 Å². The SMILES string of the molecule is CO[C@H]1CCN(C)[C@@H]1[C@H](C)Oc1nc2c3c(c(C(F)(F)F)c(-c4ccc(F)c5sc(N)c(C#N)c45)c(F)c3n1)OCCN2[C@H](C)c1cc(F)cnc1N. The molecule has 1 fully saturated rings. The molecule has 5 aromatic rings. The summed E-state index contributed by atoms with van der Waals surface area (Å²) in [5.41, 5.74) is 8.38. The molecule has 11 nitrogen and oxygen atoms in total. The molecule has 0 aliphatic carbocycles. The van der Waals surface area contributed by atoms with Crippen molar-refractivity contribution >= 4 is 49.0 Å². The molecule has 278 valence electrons. The lowest BCUT2D eigenvalue weighted by atomic mass is 9.91. The quantitative estimate of drug-likeness (QED) is 0.168. The van der Waals surface area contributed by atoms with Crippen molar-refractivity contribution in [2.45, 2.75) is 50.7 Å². The van der Waals surface area contributed by atoms with Gasteiger partial charge in [-0.15, -0.1) is 11.3 Å². The minimum atomic E-state index is -5.27. The predicted octanol–water partition coefficient (Wildman–Crippen LogP) is 6.83. The van der Waals surface area contributed by atoms with Crippen LogP contribution in [-0.2, 0) is 10.9 Å². The summed E-state index contributed by atoms with van der Waals surface area (Å²) < 4.78 is 111. The Balaban J connectivity index is 1.55. The van der Waals surface area contributed by atoms with E-state index in [1.165, 1.54) is 4.90 Å². The number of alkyl halides is 3. The highest BCUT2D eigenvalue weighted by atomic mass is 32.1. The molecule has 0 radical (unpaired) electrons. The average molecular weight is 759 g/mol. The molecule has 3 aromatic heterocycles. The largest absolute Gasteiger partial charge is 0.490 e. The van der Waals surface area contributed by atoms with E-state index >= 15 is 22.0 Å². The number of nitrogens with zero attached hydrogens (tertiary/aromatic N) is 6. The van der Waals surface area contributed by atoms with Gasteiger partial charge in [0.05, 0.1) is 46.6 Å². The first-order chi connectivity index (χ1) is 25.2. The molecule has 2 aromatic carbocycles. The van der Waals surface area contributed by atoms with Crippen molar-refractivity contribution in [3.05, 3.63) is 58.5 Å². The van der Waals surface area contributed by atoms with E-state index in [0.29, 0.717) is 24.3 Å². The van der Waals surface area contributed by atoms with Crippen LogP contribution in [0.1, 0.15) is 43.0 Å². The highest BCUT2D eigenvalue weighted by Crippen LogP contribution is 2.54. The lowest BCUT2D eigenvalue weighted by Gasteiger charge is -2.32. The third kappa shape index (κ3) is 5.96. The first-order valence-corrected chi connectivity index (χ1v) is 17.2. The Kier molecular flexibility index (Phi) is 9.15. The summed E-state index contributed by atoms with van der Waals surface area (Å²) in [6.07, 6.45) is -4.54. The molecule has 0 saturated carbocycles. The van der Waals surface area contributed by atoms with Crippen LogP contribution in [-0.4, -0.2) is 72.0 Å². The number of thiophene rings is 1. The van der Waals surface area contributed by atoms with Gasteiger partial charge in [0.15, 0.2) is 5.82 Å². The second-order valence-electron chi connectivity index (χ2n) is 12.9. The van der Waals surface area contributed by atoms with Gasteiger partial charge in [0.25, 0.3) is 0 Å². The molecule has 0 unspecified atom stereocenters. The molecule has 2 aliphatic rings. The summed E-state index contributed by atoms with van der Waals surface area (Å²) >= 11 is 0.652. The molecule has 5 heterocycles. The van der Waals surface area contributed by atoms with E-state index in [2.05, 4.69) is 15.0 Å². The number of hydrogen-bond acceptors (Lipinski definition) is 12. The normalized spacial score (nSPS) is 18.9. The third-order valence-electron chi connectivity index (χ3n) is 9.90. The van der Waals surface area contributed by atoms with Crippen LogP contribution in [0.25, 0.3) is 32.1 Å². The lowest BCUT2D eigenvalue weighted by Crippen LogP contribution is -2.45. The number of rotatable bonds is 7. The summed E-state index contributed by atoms with van der Waals surface area (Å²) in [4.78, 5) is 16.3. The zero-order valence-corrected chi connectivity index (χ0v) is 29.5. The van der Waals surface area contributed by atoms with Gasteiger partial charge in [-0.2, -0.15) is 28.4 Å². The molecule has 7 rings (SSSR count). The summed E-state index contributed by atoms with van der Waals surface area (Å²) in [6, 6.07) is 3.25. The maximum atomic E-state index is 17.4. The summed E-state index contributed by atoms with van der Waals surface area (Å²) in [5, 5.41) is 9.03. The summed E-state index contributed by atoms with van der Waals surface area (Å²) in [7, 11) is 3.45. The number of fused-ring (bicyclic) bond motifs is 1. The number of hydrogen-bond donors (Lipinski definition) is 2. The van der Waals surface area contributed by atoms with E-state index in [1.54, 1.807) is 21.0 Å². The molecule has 1 saturated heterocycles. The fourth-order valence-corrected chi connectivity index (χ4v) is 8.44. The summed E-state index contributed by atoms with van der Waals surface area (Å²) in [6.45, 7) is 3.54. The smallest absolute Gasteiger partial charge is 0.420 e. The third-order valence-corrected chi connectivity index (χ3v) is 10.9. The predicted molar refractivity (Wildman–Crippen MR) is 186 cm³/mol. The number of aromatic nitrogens is 3. The highest BCUT2D eigenvalue weighted by Gasteiger charge is 2.45. The number of nitriles is 1. The fourth-order valence-electron chi connectivity index (χ4n) is 7.49. The monoisotopic (exact) mass is 758 g/mol. The van der Waals surface area contributed by atoms with Crippen molar-refractivity contribution < 1.29 is 40.6 Å². The van der Waals surface area contributed by atoms with E-state index in [9.17, 15) is 9.65 Å². The van der Waals surface area contributed by atoms with Crippen molar-refractivity contribution in [1.29, 1.82) is 5.26 Å². The number of likely N-dealkylation sites (N-methyl/N-ethyl adjacent to an activating group) is 1. The molecule has 53 heavy (non-hydrogen) atoms. The van der Waals surface area contributed by atoms with E-state index in [4.69, 9.17) is 25.7 Å². The minimum Gasteiger partial charge on any atom is -0.490 e. The van der Waals surface area contributed by atoms with Crippen LogP contribution in [0.2, 0.25) is 0 Å². The number of benzene rings is 2. The molecule has 0 bridgehead atoms. The second kappa shape index (κ2) is 13.4. The Bertz CT molecular complexity index is 2320. The molecular formula is C35H32F6N8O3S. The van der Waals surface area contributed by atoms with Gasteiger partial charge in [-0.3, -0.25) is 4.90 Å². The zero-order chi connectivity index (χ0) is 38.1. The second-order valence-corrected chi connectivity index (χ2v) is 14.0. The van der Waals surface area contributed by atoms with Gasteiger partial charge >= 0.3 is 12.2 Å². The fraction of sp³-hybridized carbons (Fsp3) is 0.371. The van der Waals surface area contributed by atoms with Gasteiger partial charge in [-0.05, 0) is 45.0 Å². The van der Waals surface area contributed by atoms with E-state index < -0.39 is 69.1 Å². The topological polar surface area (TPSA) is 149 Å². The minimum absolute atomic E-state index is 0.0456. The molecule has 4 N–H and O–H groups in total. The lowest BCUT2D eigenvalue weighted by molar-refractivity contribution is -0.138. The van der Waals surface area contributed by atoms with Gasteiger partial charge in [0.2, 0.25) is 0 Å². The number of nitrogen functional groups attached to an aromatic ring is 2. The van der Waals surface area contributed by atoms with Gasteiger partial charge in [0, 0.05) is 30.2 Å². The molecule has 4 atom stereocenters. The van der Waals surface area contributed by atoms with Crippen molar-refractivity contribution in [2.75, 3.05) is 50.2 Å². The molecule has 2 aliphatic heterocycles. The number of nitrogens with two attached hydrogens (primary N) is 2. The molecule has 0 amide bonds. The van der Waals surface area contributed by atoms with E-state index in [-0.39, 0.29) is 69.2 Å². The molecule has 0 spiro atoms. The zero-order valence-electron chi connectivity index (χ0n) is 28.7. The van der Waals surface area contributed by atoms with Crippen LogP contribution in [0.5, 0.6) is 11.8 Å². The Morgan fingerprint density at radius 2 is 1.87 bits per heavy atom. The van der Waals surface area contributed by atoms with Gasteiger partial charge in [0.1, 0.15) is 63.9 Å². The van der Waals surface area contributed by atoms with Crippen LogP contribution < -0.4 is 25.8 Å². The maximum Gasteiger partial charge on any atom is 0.420 e. The number of methoxy groups -OCH3 is 1. The standard InChI is InChI=1S/C35H32F6N8O3S/c1-14(18-11-16(36)13-45-31(18)43)49-9-10-51-29-24-27(46-34(47-33(24)49)52-15(2)28-21(50-4)7-8-48(28)3)26(38)23(25(29)35(39,40)41)17-5-6-20(37)30-22(17)19(12-42)32(44)53-30/h5-6,11,13-15,21,28H,7-10,44H2,1-4H3,(H2,43,45)/t14-,15+,21+,28-/m1/s1. The number of pyridine rings is 1. The van der Waals surface area contributed by atoms with Crippen molar-refractivity contribution in [3.63, 3.8) is 0 Å². The van der Waals surface area contributed by atoms with Crippen molar-refractivity contribution in [1.82, 2.24) is 19.9 Å².